The number of ether oxygens (including phenoxy) is 1. The number of hydrogen-bond donors (Lipinski definition) is 3. The minimum atomic E-state index is -0.371. The van der Waals surface area contributed by atoms with Crippen molar-refractivity contribution in [2.75, 3.05) is 24.5 Å². The van der Waals surface area contributed by atoms with Gasteiger partial charge in [0, 0.05) is 19.3 Å². The van der Waals surface area contributed by atoms with Gasteiger partial charge in [-0.15, -0.1) is 0 Å². The van der Waals surface area contributed by atoms with Gasteiger partial charge in [-0.1, -0.05) is 6.07 Å². The van der Waals surface area contributed by atoms with Gasteiger partial charge in [0.1, 0.15) is 11.4 Å². The van der Waals surface area contributed by atoms with E-state index in [0.717, 1.165) is 10.8 Å². The summed E-state index contributed by atoms with van der Waals surface area (Å²) >= 11 is 0. The van der Waals surface area contributed by atoms with Crippen molar-refractivity contribution in [3.05, 3.63) is 54.4 Å². The van der Waals surface area contributed by atoms with E-state index in [4.69, 9.17) is 4.74 Å². The number of aromatic amines is 1. The number of rotatable bonds is 5. The molecule has 0 radical (unpaired) electrons. The number of nitrogens with zero attached hydrogens (tertiary/aromatic N) is 3. The molecule has 2 heterocycles. The summed E-state index contributed by atoms with van der Waals surface area (Å²) in [6.07, 6.45) is 1.62. The quantitative estimate of drug-likeness (QED) is 0.617. The fourth-order valence-electron chi connectivity index (χ4n) is 2.28. The Hall–Kier alpha value is -3.39. The molecule has 0 aliphatic rings. The zero-order valence-electron chi connectivity index (χ0n) is 13.7. The topological polar surface area (TPSA) is 103 Å². The van der Waals surface area contributed by atoms with Gasteiger partial charge in [0.25, 0.3) is 5.91 Å². The van der Waals surface area contributed by atoms with Crippen LogP contribution < -0.4 is 15.1 Å². The van der Waals surface area contributed by atoms with Gasteiger partial charge in [0.05, 0.1) is 29.9 Å². The number of methoxy groups -OCH3 is 1. The molecule has 0 fully saturated rings. The first-order chi connectivity index (χ1) is 12.1. The molecule has 128 valence electrons. The van der Waals surface area contributed by atoms with E-state index in [1.165, 1.54) is 14.2 Å². The molecule has 0 unspecified atom stereocenters. The predicted molar refractivity (Wildman–Crippen MR) is 93.0 cm³/mol. The Morgan fingerprint density at radius 1 is 1.28 bits per heavy atom. The Bertz CT molecular complexity index is 878. The lowest BCUT2D eigenvalue weighted by atomic mass is 10.2. The lowest BCUT2D eigenvalue weighted by Crippen LogP contribution is -2.15. The predicted octanol–water partition coefficient (Wildman–Crippen LogP) is 2.56. The summed E-state index contributed by atoms with van der Waals surface area (Å²) in [5, 5.41) is 19.9. The number of benzene rings is 1. The molecule has 0 bridgehead atoms. The molecule has 8 nitrogen and oxygen atoms in total. The van der Waals surface area contributed by atoms with Crippen LogP contribution in [0.1, 0.15) is 10.5 Å². The van der Waals surface area contributed by atoms with Crippen molar-refractivity contribution in [1.29, 1.82) is 0 Å². The molecule has 0 atom stereocenters. The summed E-state index contributed by atoms with van der Waals surface area (Å²) in [4.78, 5) is 16.8. The first kappa shape index (κ1) is 16.5. The molecule has 0 aliphatic heterocycles. The van der Waals surface area contributed by atoms with E-state index >= 15 is 0 Å². The van der Waals surface area contributed by atoms with Crippen molar-refractivity contribution in [2.24, 2.45) is 0 Å². The molecule has 0 saturated heterocycles. The van der Waals surface area contributed by atoms with Crippen LogP contribution in [0.25, 0.3) is 11.4 Å². The number of H-pyrrole nitrogens is 1. The van der Waals surface area contributed by atoms with Gasteiger partial charge in [-0.05, 0) is 30.3 Å². The highest BCUT2D eigenvalue weighted by Crippen LogP contribution is 2.29. The maximum atomic E-state index is 12.5. The molecule has 8 heteroatoms. The zero-order valence-corrected chi connectivity index (χ0v) is 13.7. The normalized spacial score (nSPS) is 10.4. The standard InChI is InChI=1S/C17H17N5O3/c1-22(24)11-6-7-14(16(10-11)25-2)20-17(23)15-5-3-4-12(19-15)13-8-9-18-21-13/h3-10,24H,1-2H3,(H,18,21)(H,20,23). The van der Waals surface area contributed by atoms with Crippen LogP contribution in [0.5, 0.6) is 5.75 Å². The first-order valence-electron chi connectivity index (χ1n) is 7.47. The molecule has 1 aromatic carbocycles. The Morgan fingerprint density at radius 2 is 2.12 bits per heavy atom. The molecule has 0 aliphatic carbocycles. The highest BCUT2D eigenvalue weighted by molar-refractivity contribution is 6.04. The van der Waals surface area contributed by atoms with Crippen LogP contribution in [-0.2, 0) is 0 Å². The van der Waals surface area contributed by atoms with Crippen LogP contribution in [0.4, 0.5) is 11.4 Å². The number of carbonyl (C=O) groups excluding carboxylic acids is 1. The van der Waals surface area contributed by atoms with E-state index in [0.29, 0.717) is 22.8 Å². The van der Waals surface area contributed by atoms with Crippen molar-refractivity contribution in [2.45, 2.75) is 0 Å². The number of pyridine rings is 1. The number of hydroxylamine groups is 1. The average Bonchev–Trinajstić information content (AvgIpc) is 3.16. The van der Waals surface area contributed by atoms with Gasteiger partial charge in [-0.2, -0.15) is 5.10 Å². The van der Waals surface area contributed by atoms with E-state index in [-0.39, 0.29) is 11.6 Å². The minimum Gasteiger partial charge on any atom is -0.494 e. The Labute approximate surface area is 144 Å². The lowest BCUT2D eigenvalue weighted by molar-refractivity contribution is 0.102. The summed E-state index contributed by atoms with van der Waals surface area (Å²) in [6.45, 7) is 0. The van der Waals surface area contributed by atoms with Gasteiger partial charge in [0.2, 0.25) is 0 Å². The fourth-order valence-corrected chi connectivity index (χ4v) is 2.28. The van der Waals surface area contributed by atoms with Gasteiger partial charge in [0.15, 0.2) is 0 Å². The number of aromatic nitrogens is 3. The molecular formula is C17H17N5O3. The Morgan fingerprint density at radius 3 is 2.80 bits per heavy atom. The van der Waals surface area contributed by atoms with Crippen LogP contribution in [-0.4, -0.2) is 40.5 Å². The van der Waals surface area contributed by atoms with Crippen LogP contribution in [0.2, 0.25) is 0 Å². The Kier molecular flexibility index (Phi) is 4.62. The van der Waals surface area contributed by atoms with Crippen LogP contribution in [0, 0.1) is 0 Å². The molecular weight excluding hydrogens is 322 g/mol. The smallest absolute Gasteiger partial charge is 0.274 e. The molecule has 3 aromatic rings. The van der Waals surface area contributed by atoms with E-state index in [1.54, 1.807) is 48.7 Å². The molecule has 1 amide bonds. The molecule has 3 N–H and O–H groups in total. The molecule has 3 rings (SSSR count). The third kappa shape index (κ3) is 3.59. The monoisotopic (exact) mass is 339 g/mol. The van der Waals surface area contributed by atoms with Crippen LogP contribution >= 0.6 is 0 Å². The van der Waals surface area contributed by atoms with Gasteiger partial charge in [-0.3, -0.25) is 20.2 Å². The van der Waals surface area contributed by atoms with Crippen molar-refractivity contribution < 1.29 is 14.7 Å². The van der Waals surface area contributed by atoms with Gasteiger partial charge in [-0.25, -0.2) is 4.98 Å². The summed E-state index contributed by atoms with van der Waals surface area (Å²) in [5.74, 6) is 0.0567. The van der Waals surface area contributed by atoms with E-state index in [2.05, 4.69) is 20.5 Å². The number of nitrogens with one attached hydrogen (secondary N) is 2. The first-order valence-corrected chi connectivity index (χ1v) is 7.47. The average molecular weight is 339 g/mol. The second-order valence-corrected chi connectivity index (χ2v) is 5.24. The van der Waals surface area contributed by atoms with Gasteiger partial charge >= 0.3 is 0 Å². The van der Waals surface area contributed by atoms with E-state index in [9.17, 15) is 10.0 Å². The maximum absolute atomic E-state index is 12.5. The van der Waals surface area contributed by atoms with Crippen LogP contribution in [0.3, 0.4) is 0 Å². The summed E-state index contributed by atoms with van der Waals surface area (Å²) in [6, 6.07) is 11.9. The van der Waals surface area contributed by atoms with Crippen molar-refractivity contribution in [3.8, 4) is 17.1 Å². The highest BCUT2D eigenvalue weighted by Gasteiger charge is 2.13. The second-order valence-electron chi connectivity index (χ2n) is 5.24. The largest absolute Gasteiger partial charge is 0.494 e. The number of amides is 1. The summed E-state index contributed by atoms with van der Waals surface area (Å²) in [7, 11) is 2.99. The van der Waals surface area contributed by atoms with E-state index in [1.807, 2.05) is 0 Å². The SMILES string of the molecule is COc1cc(N(C)O)ccc1NC(=O)c1cccc(-c2ccn[nH]2)n1. The molecule has 2 aromatic heterocycles. The number of anilines is 2. The second kappa shape index (κ2) is 7.02. The van der Waals surface area contributed by atoms with Crippen molar-refractivity contribution in [3.63, 3.8) is 0 Å². The number of carbonyl (C=O) groups is 1. The van der Waals surface area contributed by atoms with Crippen LogP contribution in [0.15, 0.2) is 48.7 Å². The Balaban J connectivity index is 1.84. The summed E-state index contributed by atoms with van der Waals surface area (Å²) < 4.78 is 5.27. The molecule has 0 spiro atoms. The van der Waals surface area contributed by atoms with Crippen molar-refractivity contribution in [1.82, 2.24) is 15.2 Å². The fraction of sp³-hybridized carbons (Fsp3) is 0.118. The summed E-state index contributed by atoms with van der Waals surface area (Å²) in [5.41, 5.74) is 2.62. The zero-order chi connectivity index (χ0) is 17.8. The van der Waals surface area contributed by atoms with Crippen molar-refractivity contribution >= 4 is 17.3 Å². The number of hydrogen-bond acceptors (Lipinski definition) is 6. The van der Waals surface area contributed by atoms with E-state index < -0.39 is 0 Å². The minimum absolute atomic E-state index is 0.262. The molecule has 25 heavy (non-hydrogen) atoms. The lowest BCUT2D eigenvalue weighted by Gasteiger charge is -2.15. The van der Waals surface area contributed by atoms with Gasteiger partial charge < -0.3 is 10.1 Å². The maximum Gasteiger partial charge on any atom is 0.274 e. The highest BCUT2D eigenvalue weighted by atomic mass is 16.5. The third-order valence-electron chi connectivity index (χ3n) is 3.57. The third-order valence-corrected chi connectivity index (χ3v) is 3.57. The molecule has 0 saturated carbocycles.